The summed E-state index contributed by atoms with van der Waals surface area (Å²) in [4.78, 5) is 11.5. The predicted octanol–water partition coefficient (Wildman–Crippen LogP) is 3.59. The first-order valence-electron chi connectivity index (χ1n) is 8.20. The first-order chi connectivity index (χ1) is 12.2. The number of amides is 1. The molecule has 25 heavy (non-hydrogen) atoms. The van der Waals surface area contributed by atoms with Crippen LogP contribution in [0.3, 0.4) is 0 Å². The van der Waals surface area contributed by atoms with Gasteiger partial charge in [-0.1, -0.05) is 54.6 Å². The van der Waals surface area contributed by atoms with Crippen LogP contribution in [0, 0.1) is 0 Å². The standard InChI is InChI=1S/C21H20NO2P/c1-17(22-21(23)24)25(18-11-5-2-6-12-18,19-13-7-3-8-14-19)20-15-9-4-10-16-20/h2-17,22H,1H3/p+1. The van der Waals surface area contributed by atoms with E-state index < -0.39 is 13.4 Å². The van der Waals surface area contributed by atoms with Crippen molar-refractivity contribution < 1.29 is 9.90 Å². The minimum Gasteiger partial charge on any atom is -0.465 e. The number of nitrogens with one attached hydrogen (secondary N) is 1. The van der Waals surface area contributed by atoms with Crippen molar-refractivity contribution in [1.82, 2.24) is 5.32 Å². The van der Waals surface area contributed by atoms with Crippen LogP contribution in [0.1, 0.15) is 6.92 Å². The molecule has 0 saturated heterocycles. The summed E-state index contributed by atoms with van der Waals surface area (Å²) in [6.07, 6.45) is -1.00. The van der Waals surface area contributed by atoms with Gasteiger partial charge in [-0.2, -0.15) is 0 Å². The lowest BCUT2D eigenvalue weighted by atomic mass is 10.4. The van der Waals surface area contributed by atoms with E-state index in [0.29, 0.717) is 0 Å². The molecule has 0 heterocycles. The van der Waals surface area contributed by atoms with Gasteiger partial charge in [0.25, 0.3) is 0 Å². The Morgan fingerprint density at radius 1 is 0.760 bits per heavy atom. The van der Waals surface area contributed by atoms with E-state index in [1.807, 2.05) is 61.5 Å². The van der Waals surface area contributed by atoms with Crippen LogP contribution in [0.2, 0.25) is 0 Å². The van der Waals surface area contributed by atoms with Crippen molar-refractivity contribution >= 4 is 29.3 Å². The average Bonchev–Trinajstić information content (AvgIpc) is 2.64. The third-order valence-electron chi connectivity index (χ3n) is 4.40. The molecular formula is C21H21NO2P+. The first kappa shape index (κ1) is 17.2. The zero-order chi connectivity index (χ0) is 17.7. The highest BCUT2D eigenvalue weighted by Gasteiger charge is 2.51. The van der Waals surface area contributed by atoms with Gasteiger partial charge in [-0.15, -0.1) is 0 Å². The fourth-order valence-electron chi connectivity index (χ4n) is 3.38. The molecule has 1 unspecified atom stereocenters. The van der Waals surface area contributed by atoms with E-state index >= 15 is 0 Å². The number of benzene rings is 3. The SMILES string of the molecule is CC(NC(=O)O)[P+](c1ccccc1)(c1ccccc1)c1ccccc1. The van der Waals surface area contributed by atoms with Crippen LogP contribution < -0.4 is 21.2 Å². The summed E-state index contributed by atoms with van der Waals surface area (Å²) in [6.45, 7) is 1.97. The number of rotatable bonds is 5. The molecule has 0 spiro atoms. The van der Waals surface area contributed by atoms with Crippen molar-refractivity contribution in [2.45, 2.75) is 12.7 Å². The molecule has 3 aromatic carbocycles. The molecule has 0 bridgehead atoms. The largest absolute Gasteiger partial charge is 0.465 e. The molecule has 2 N–H and O–H groups in total. The highest BCUT2D eigenvalue weighted by molar-refractivity contribution is 7.96. The second-order valence-corrected chi connectivity index (χ2v) is 9.62. The molecule has 1 amide bonds. The molecule has 126 valence electrons. The summed E-state index contributed by atoms with van der Waals surface area (Å²) in [5.74, 6) is -0.253. The van der Waals surface area contributed by atoms with E-state index in [1.165, 1.54) is 0 Å². The first-order valence-corrected chi connectivity index (χ1v) is 10.1. The lowest BCUT2D eigenvalue weighted by molar-refractivity contribution is 0.194. The molecule has 0 aliphatic rings. The van der Waals surface area contributed by atoms with Gasteiger partial charge in [0.05, 0.1) is 0 Å². The maximum absolute atomic E-state index is 11.5. The van der Waals surface area contributed by atoms with Gasteiger partial charge < -0.3 is 5.11 Å². The molecular weight excluding hydrogens is 329 g/mol. The van der Waals surface area contributed by atoms with Crippen LogP contribution in [0.4, 0.5) is 4.79 Å². The van der Waals surface area contributed by atoms with Crippen molar-refractivity contribution in [1.29, 1.82) is 0 Å². The maximum atomic E-state index is 11.5. The topological polar surface area (TPSA) is 49.3 Å². The summed E-state index contributed by atoms with van der Waals surface area (Å²) in [5.41, 5.74) is 0. The molecule has 0 saturated carbocycles. The average molecular weight is 350 g/mol. The molecule has 3 rings (SSSR count). The molecule has 0 aromatic heterocycles. The third-order valence-corrected chi connectivity index (χ3v) is 9.03. The van der Waals surface area contributed by atoms with Gasteiger partial charge >= 0.3 is 6.09 Å². The van der Waals surface area contributed by atoms with Crippen LogP contribution >= 0.6 is 7.26 Å². The highest BCUT2D eigenvalue weighted by Crippen LogP contribution is 2.58. The van der Waals surface area contributed by atoms with Crippen molar-refractivity contribution in [3.63, 3.8) is 0 Å². The quantitative estimate of drug-likeness (QED) is 0.691. The molecule has 0 radical (unpaired) electrons. The zero-order valence-corrected chi connectivity index (χ0v) is 14.9. The van der Waals surface area contributed by atoms with E-state index in [2.05, 4.69) is 41.7 Å². The van der Waals surface area contributed by atoms with Crippen LogP contribution in [-0.4, -0.2) is 17.0 Å². The Labute approximate surface area is 148 Å². The fraction of sp³-hybridized carbons (Fsp3) is 0.0952. The van der Waals surface area contributed by atoms with Crippen LogP contribution in [0.5, 0.6) is 0 Å². The van der Waals surface area contributed by atoms with E-state index in [4.69, 9.17) is 0 Å². The van der Waals surface area contributed by atoms with E-state index in [0.717, 1.165) is 15.9 Å². The van der Waals surface area contributed by atoms with Crippen molar-refractivity contribution in [3.8, 4) is 0 Å². The van der Waals surface area contributed by atoms with Gasteiger partial charge in [-0.25, -0.2) is 4.79 Å². The predicted molar refractivity (Wildman–Crippen MR) is 106 cm³/mol. The molecule has 4 heteroatoms. The van der Waals surface area contributed by atoms with Crippen LogP contribution in [-0.2, 0) is 0 Å². The van der Waals surface area contributed by atoms with Crippen LogP contribution in [0.25, 0.3) is 0 Å². The summed E-state index contributed by atoms with van der Waals surface area (Å²) in [7, 11) is -2.19. The Morgan fingerprint density at radius 2 is 1.08 bits per heavy atom. The zero-order valence-electron chi connectivity index (χ0n) is 14.0. The molecule has 0 aliphatic carbocycles. The number of hydrogen-bond acceptors (Lipinski definition) is 1. The highest BCUT2D eigenvalue weighted by atomic mass is 31.2. The molecule has 0 aliphatic heterocycles. The minimum atomic E-state index is -2.19. The normalized spacial score (nSPS) is 12.4. The van der Waals surface area contributed by atoms with Crippen molar-refractivity contribution in [3.05, 3.63) is 91.0 Å². The molecule has 3 nitrogen and oxygen atoms in total. The Balaban J connectivity index is 2.33. The lowest BCUT2D eigenvalue weighted by Gasteiger charge is -2.32. The molecule has 0 fully saturated rings. The van der Waals surface area contributed by atoms with Crippen molar-refractivity contribution in [2.24, 2.45) is 0 Å². The maximum Gasteiger partial charge on any atom is 0.407 e. The second-order valence-electron chi connectivity index (χ2n) is 5.85. The fourth-order valence-corrected chi connectivity index (χ4v) is 7.85. The number of hydrogen-bond donors (Lipinski definition) is 2. The Hall–Kier alpha value is -2.64. The smallest absolute Gasteiger partial charge is 0.407 e. The van der Waals surface area contributed by atoms with Gasteiger partial charge in [-0.3, -0.25) is 5.32 Å². The Bertz CT molecular complexity index is 726. The minimum absolute atomic E-state index is 0.253. The summed E-state index contributed by atoms with van der Waals surface area (Å²) in [6, 6.07) is 30.7. The lowest BCUT2D eigenvalue weighted by Crippen LogP contribution is -2.45. The van der Waals surface area contributed by atoms with Gasteiger partial charge in [0.2, 0.25) is 0 Å². The summed E-state index contributed by atoms with van der Waals surface area (Å²) in [5, 5.41) is 15.6. The van der Waals surface area contributed by atoms with Gasteiger partial charge in [0, 0.05) is 0 Å². The Morgan fingerprint density at radius 3 is 1.36 bits per heavy atom. The van der Waals surface area contributed by atoms with Gasteiger partial charge in [0.1, 0.15) is 23.2 Å². The monoisotopic (exact) mass is 350 g/mol. The Kier molecular flexibility index (Phi) is 5.16. The van der Waals surface area contributed by atoms with E-state index in [1.54, 1.807) is 0 Å². The second kappa shape index (κ2) is 7.50. The number of carbonyl (C=O) groups is 1. The van der Waals surface area contributed by atoms with E-state index in [-0.39, 0.29) is 5.78 Å². The molecule has 1 atom stereocenters. The summed E-state index contributed by atoms with van der Waals surface area (Å²) < 4.78 is 0. The van der Waals surface area contributed by atoms with Gasteiger partial charge in [0.15, 0.2) is 5.78 Å². The number of carboxylic acid groups (broad SMARTS) is 1. The van der Waals surface area contributed by atoms with Gasteiger partial charge in [-0.05, 0) is 43.3 Å². The molecule has 3 aromatic rings. The summed E-state index contributed by atoms with van der Waals surface area (Å²) >= 11 is 0. The third kappa shape index (κ3) is 3.29. The van der Waals surface area contributed by atoms with E-state index in [9.17, 15) is 9.90 Å². The van der Waals surface area contributed by atoms with Crippen LogP contribution in [0.15, 0.2) is 91.0 Å². The van der Waals surface area contributed by atoms with Crippen molar-refractivity contribution in [2.75, 3.05) is 0 Å².